The molecule has 0 aliphatic carbocycles. The van der Waals surface area contributed by atoms with Crippen LogP contribution >= 0.6 is 0 Å². The molecule has 152 valence electrons. The van der Waals surface area contributed by atoms with Crippen LogP contribution in [0, 0.1) is 6.92 Å². The van der Waals surface area contributed by atoms with Crippen molar-refractivity contribution in [3.8, 4) is 0 Å². The van der Waals surface area contributed by atoms with E-state index >= 15 is 0 Å². The maximum absolute atomic E-state index is 12.5. The van der Waals surface area contributed by atoms with Gasteiger partial charge in [0.15, 0.2) is 0 Å². The van der Waals surface area contributed by atoms with Crippen molar-refractivity contribution in [3.05, 3.63) is 59.4 Å². The maximum Gasteiger partial charge on any atom is 0.271 e. The number of imidazole rings is 1. The lowest BCUT2D eigenvalue weighted by molar-refractivity contribution is 0.0955. The van der Waals surface area contributed by atoms with Crippen LogP contribution in [0.1, 0.15) is 35.6 Å². The zero-order valence-electron chi connectivity index (χ0n) is 16.7. The number of nitrogens with one attached hydrogen (secondary N) is 2. The van der Waals surface area contributed by atoms with E-state index in [9.17, 15) is 13.2 Å². The molecular weight excluding hydrogens is 390 g/mol. The Morgan fingerprint density at radius 3 is 2.41 bits per heavy atom. The second-order valence-corrected chi connectivity index (χ2v) is 8.36. The molecule has 0 saturated heterocycles. The average Bonchev–Trinajstić information content (AvgIpc) is 3.05. The molecule has 0 fully saturated rings. The standard InChI is InChI=1S/C20H23N5O3S/c1-5-25-14(3)22-18-12-16(8-11-19(18)25)20(26)24-23-13(2)15-6-9-17(10-7-15)29(27,28)21-4/h6-12,21H,5H2,1-4H3,(H,24,26)/b23-13-. The Morgan fingerprint density at radius 2 is 1.79 bits per heavy atom. The highest BCUT2D eigenvalue weighted by atomic mass is 32.2. The van der Waals surface area contributed by atoms with Gasteiger partial charge in [-0.1, -0.05) is 12.1 Å². The monoisotopic (exact) mass is 413 g/mol. The van der Waals surface area contributed by atoms with Gasteiger partial charge in [-0.25, -0.2) is 23.5 Å². The van der Waals surface area contributed by atoms with Crippen molar-refractivity contribution in [2.75, 3.05) is 7.05 Å². The average molecular weight is 414 g/mol. The second-order valence-electron chi connectivity index (χ2n) is 6.48. The summed E-state index contributed by atoms with van der Waals surface area (Å²) in [4.78, 5) is 17.1. The quantitative estimate of drug-likeness (QED) is 0.478. The summed E-state index contributed by atoms with van der Waals surface area (Å²) in [6.07, 6.45) is 0. The van der Waals surface area contributed by atoms with E-state index in [-0.39, 0.29) is 10.8 Å². The molecule has 2 N–H and O–H groups in total. The lowest BCUT2D eigenvalue weighted by Gasteiger charge is -2.06. The summed E-state index contributed by atoms with van der Waals surface area (Å²) in [6, 6.07) is 11.6. The van der Waals surface area contributed by atoms with Crippen LogP contribution in [0.4, 0.5) is 0 Å². The van der Waals surface area contributed by atoms with Gasteiger partial charge in [0, 0.05) is 12.1 Å². The number of aromatic nitrogens is 2. The highest BCUT2D eigenvalue weighted by Gasteiger charge is 2.12. The number of benzene rings is 2. The molecule has 3 rings (SSSR count). The largest absolute Gasteiger partial charge is 0.329 e. The number of nitrogens with zero attached hydrogens (tertiary/aromatic N) is 3. The summed E-state index contributed by atoms with van der Waals surface area (Å²) in [7, 11) is -2.13. The van der Waals surface area contributed by atoms with Gasteiger partial charge in [0.1, 0.15) is 5.82 Å². The first kappa shape index (κ1) is 20.7. The van der Waals surface area contributed by atoms with Gasteiger partial charge in [0.2, 0.25) is 10.0 Å². The van der Waals surface area contributed by atoms with E-state index < -0.39 is 10.0 Å². The molecule has 8 nitrogen and oxygen atoms in total. The number of carbonyl (C=O) groups excluding carboxylic acids is 1. The first-order chi connectivity index (χ1) is 13.8. The number of fused-ring (bicyclic) bond motifs is 1. The third-order valence-corrected chi connectivity index (χ3v) is 6.12. The maximum atomic E-state index is 12.5. The Morgan fingerprint density at radius 1 is 1.14 bits per heavy atom. The van der Waals surface area contributed by atoms with Gasteiger partial charge in [-0.15, -0.1) is 0 Å². The van der Waals surface area contributed by atoms with Gasteiger partial charge in [0.25, 0.3) is 5.91 Å². The highest BCUT2D eigenvalue weighted by Crippen LogP contribution is 2.18. The summed E-state index contributed by atoms with van der Waals surface area (Å²) in [5.74, 6) is 0.557. The topological polar surface area (TPSA) is 105 Å². The molecule has 1 amide bonds. The smallest absolute Gasteiger partial charge is 0.271 e. The van der Waals surface area contributed by atoms with E-state index in [0.717, 1.165) is 23.4 Å². The normalized spacial score (nSPS) is 12.3. The van der Waals surface area contributed by atoms with Crippen LogP contribution in [0.5, 0.6) is 0 Å². The number of aryl methyl sites for hydroxylation is 2. The van der Waals surface area contributed by atoms with Crippen LogP contribution in [0.25, 0.3) is 11.0 Å². The molecule has 1 aromatic heterocycles. The van der Waals surface area contributed by atoms with Crippen molar-refractivity contribution in [2.24, 2.45) is 5.10 Å². The molecule has 3 aromatic rings. The van der Waals surface area contributed by atoms with Crippen LogP contribution < -0.4 is 10.1 Å². The minimum absolute atomic E-state index is 0.163. The van der Waals surface area contributed by atoms with Gasteiger partial charge >= 0.3 is 0 Å². The van der Waals surface area contributed by atoms with Crippen LogP contribution in [0.15, 0.2) is 52.5 Å². The predicted molar refractivity (Wildman–Crippen MR) is 113 cm³/mol. The van der Waals surface area contributed by atoms with Gasteiger partial charge in [0.05, 0.1) is 21.6 Å². The number of hydrogen-bond donors (Lipinski definition) is 2. The molecular formula is C20H23N5O3S. The van der Waals surface area contributed by atoms with Crippen LogP contribution in [0.2, 0.25) is 0 Å². The molecule has 0 aliphatic heterocycles. The van der Waals surface area contributed by atoms with E-state index in [4.69, 9.17) is 0 Å². The van der Waals surface area contributed by atoms with E-state index in [0.29, 0.717) is 16.8 Å². The fraction of sp³-hybridized carbons (Fsp3) is 0.250. The lowest BCUT2D eigenvalue weighted by Crippen LogP contribution is -2.20. The fourth-order valence-electron chi connectivity index (χ4n) is 3.05. The minimum Gasteiger partial charge on any atom is -0.329 e. The van der Waals surface area contributed by atoms with Crippen molar-refractivity contribution in [1.29, 1.82) is 0 Å². The first-order valence-electron chi connectivity index (χ1n) is 9.12. The molecule has 0 spiro atoms. The number of amides is 1. The molecule has 1 heterocycles. The summed E-state index contributed by atoms with van der Waals surface area (Å²) in [5, 5.41) is 4.13. The van der Waals surface area contributed by atoms with E-state index in [1.807, 2.05) is 19.9 Å². The Labute approximate surface area is 169 Å². The molecule has 2 aromatic carbocycles. The number of rotatable bonds is 6. The molecule has 0 bridgehead atoms. The molecule has 29 heavy (non-hydrogen) atoms. The minimum atomic E-state index is -3.49. The summed E-state index contributed by atoms with van der Waals surface area (Å²) >= 11 is 0. The fourth-order valence-corrected chi connectivity index (χ4v) is 3.78. The second kappa shape index (κ2) is 8.14. The van der Waals surface area contributed by atoms with E-state index in [1.165, 1.54) is 19.2 Å². The summed E-state index contributed by atoms with van der Waals surface area (Å²) in [6.45, 7) is 6.53. The van der Waals surface area contributed by atoms with Crippen molar-refractivity contribution in [3.63, 3.8) is 0 Å². The lowest BCUT2D eigenvalue weighted by atomic mass is 10.1. The summed E-state index contributed by atoms with van der Waals surface area (Å²) < 4.78 is 27.9. The Balaban J connectivity index is 1.77. The molecule has 0 radical (unpaired) electrons. The summed E-state index contributed by atoms with van der Waals surface area (Å²) in [5.41, 5.74) is 6.00. The van der Waals surface area contributed by atoms with Crippen molar-refractivity contribution >= 4 is 32.7 Å². The molecule has 0 aliphatic rings. The molecule has 0 atom stereocenters. The zero-order chi connectivity index (χ0) is 21.2. The third kappa shape index (κ3) is 4.20. The molecule has 9 heteroatoms. The Kier molecular flexibility index (Phi) is 5.81. The van der Waals surface area contributed by atoms with Crippen LogP contribution in [-0.2, 0) is 16.6 Å². The number of hydrogen-bond acceptors (Lipinski definition) is 5. The van der Waals surface area contributed by atoms with Gasteiger partial charge < -0.3 is 4.57 Å². The highest BCUT2D eigenvalue weighted by molar-refractivity contribution is 7.89. The van der Waals surface area contributed by atoms with E-state index in [1.54, 1.807) is 31.2 Å². The predicted octanol–water partition coefficient (Wildman–Crippen LogP) is 2.43. The van der Waals surface area contributed by atoms with Crippen LogP contribution in [-0.4, -0.2) is 36.6 Å². The van der Waals surface area contributed by atoms with E-state index in [2.05, 4.69) is 24.8 Å². The van der Waals surface area contributed by atoms with Crippen molar-refractivity contribution in [1.82, 2.24) is 19.7 Å². The van der Waals surface area contributed by atoms with Crippen molar-refractivity contribution in [2.45, 2.75) is 32.2 Å². The first-order valence-corrected chi connectivity index (χ1v) is 10.6. The molecule has 0 unspecified atom stereocenters. The Hall–Kier alpha value is -3.04. The third-order valence-electron chi connectivity index (χ3n) is 4.69. The number of carbonyl (C=O) groups is 1. The van der Waals surface area contributed by atoms with Crippen LogP contribution in [0.3, 0.4) is 0 Å². The zero-order valence-corrected chi connectivity index (χ0v) is 17.5. The molecule has 0 saturated carbocycles. The SMILES string of the molecule is CCn1c(C)nc2cc(C(=O)N/N=C(/C)c3ccc(S(=O)(=O)NC)cc3)ccc21. The van der Waals surface area contributed by atoms with Gasteiger partial charge in [-0.05, 0) is 63.7 Å². The van der Waals surface area contributed by atoms with Gasteiger partial charge in [-0.3, -0.25) is 4.79 Å². The Bertz CT molecular complexity index is 1190. The van der Waals surface area contributed by atoms with Crippen molar-refractivity contribution < 1.29 is 13.2 Å². The van der Waals surface area contributed by atoms with Gasteiger partial charge in [-0.2, -0.15) is 5.10 Å². The number of hydrazone groups is 1. The number of sulfonamides is 1.